The molecule has 0 saturated heterocycles. The largest absolute Gasteiger partial charge is 0.498 e. The van der Waals surface area contributed by atoms with E-state index in [1.165, 1.54) is 12.3 Å². The van der Waals surface area contributed by atoms with Gasteiger partial charge in [0.2, 0.25) is 0 Å². The first-order valence-electron chi connectivity index (χ1n) is 2.47. The van der Waals surface area contributed by atoms with Gasteiger partial charge in [0.15, 0.2) is 0 Å². The molecule has 0 aromatic carbocycles. The fourth-order valence-electron chi connectivity index (χ4n) is 0.231. The maximum absolute atomic E-state index is 5.48. The number of hydrogen-bond acceptors (Lipinski definition) is 1. The molecule has 0 aromatic heterocycles. The molecule has 0 aliphatic heterocycles. The van der Waals surface area contributed by atoms with Crippen LogP contribution in [0.2, 0.25) is 0 Å². The molecule has 0 aliphatic carbocycles. The van der Waals surface area contributed by atoms with Crippen LogP contribution < -0.4 is 0 Å². The fraction of sp³-hybridized carbons (Fsp3) is 0.333. The first kappa shape index (κ1) is 8.86. The Hall–Kier alpha value is -0.140. The van der Waals surface area contributed by atoms with Crippen LogP contribution >= 0.6 is 23.2 Å². The van der Waals surface area contributed by atoms with Crippen molar-refractivity contribution in [2.45, 2.75) is 0 Å². The van der Waals surface area contributed by atoms with E-state index >= 15 is 0 Å². The van der Waals surface area contributed by atoms with Crippen molar-refractivity contribution in [2.24, 2.45) is 0 Å². The number of allylic oxidation sites excluding steroid dienone is 2. The minimum Gasteiger partial charge on any atom is -0.498 e. The van der Waals surface area contributed by atoms with Crippen LogP contribution in [-0.2, 0) is 4.74 Å². The van der Waals surface area contributed by atoms with Gasteiger partial charge in [0, 0.05) is 0 Å². The number of rotatable bonds is 4. The maximum Gasteiger partial charge on any atom is 0.102 e. The minimum atomic E-state index is 0.470. The predicted molar refractivity (Wildman–Crippen MR) is 40.8 cm³/mol. The molecular weight excluding hydrogens is 159 g/mol. The summed E-state index contributed by atoms with van der Waals surface area (Å²) >= 11 is 10.8. The third-order valence-electron chi connectivity index (χ3n) is 0.586. The Balaban J connectivity index is 3.31. The molecule has 0 N–H and O–H groups in total. The Labute approximate surface area is 64.9 Å². The van der Waals surface area contributed by atoms with Gasteiger partial charge >= 0.3 is 0 Å². The molecule has 0 amide bonds. The molecule has 0 spiro atoms. The van der Waals surface area contributed by atoms with Crippen molar-refractivity contribution >= 4 is 23.2 Å². The molecule has 0 saturated carbocycles. The second-order valence-corrected chi connectivity index (χ2v) is 2.08. The van der Waals surface area contributed by atoms with Crippen LogP contribution in [0.4, 0.5) is 0 Å². The first-order valence-corrected chi connectivity index (χ1v) is 3.38. The zero-order valence-electron chi connectivity index (χ0n) is 4.94. The average Bonchev–Trinajstić information content (AvgIpc) is 1.89. The summed E-state index contributed by atoms with van der Waals surface area (Å²) in [5, 5.41) is 0.486. The second kappa shape index (κ2) is 5.99. The summed E-state index contributed by atoms with van der Waals surface area (Å²) < 4.78 is 4.84. The summed E-state index contributed by atoms with van der Waals surface area (Å²) in [6, 6.07) is 0. The molecule has 3 heteroatoms. The van der Waals surface area contributed by atoms with Crippen LogP contribution in [0.25, 0.3) is 0 Å². The minimum absolute atomic E-state index is 0.470. The van der Waals surface area contributed by atoms with Gasteiger partial charge in [-0.05, 0) is 6.08 Å². The van der Waals surface area contributed by atoms with Gasteiger partial charge in [-0.15, -0.1) is 11.6 Å². The number of alkyl halides is 1. The molecule has 0 radical (unpaired) electrons. The Morgan fingerprint density at radius 1 is 1.67 bits per heavy atom. The zero-order chi connectivity index (χ0) is 7.11. The van der Waals surface area contributed by atoms with Crippen molar-refractivity contribution < 1.29 is 4.74 Å². The normalized spacial score (nSPS) is 11.1. The van der Waals surface area contributed by atoms with Gasteiger partial charge < -0.3 is 4.74 Å². The van der Waals surface area contributed by atoms with Crippen LogP contribution in [0, 0.1) is 0 Å². The lowest BCUT2D eigenvalue weighted by molar-refractivity contribution is 0.271. The molecule has 0 heterocycles. The predicted octanol–water partition coefficient (Wildman–Crippen LogP) is 2.51. The number of ether oxygens (including phenoxy) is 1. The van der Waals surface area contributed by atoms with E-state index in [1.807, 2.05) is 0 Å². The Morgan fingerprint density at radius 2 is 2.33 bits per heavy atom. The van der Waals surface area contributed by atoms with Gasteiger partial charge in [-0.1, -0.05) is 18.2 Å². The van der Waals surface area contributed by atoms with Crippen LogP contribution in [0.1, 0.15) is 0 Å². The lowest BCUT2D eigenvalue weighted by Crippen LogP contribution is -1.86. The number of hydrogen-bond donors (Lipinski definition) is 0. The highest BCUT2D eigenvalue weighted by atomic mass is 35.5. The topological polar surface area (TPSA) is 9.23 Å². The summed E-state index contributed by atoms with van der Waals surface area (Å²) in [5.41, 5.74) is 0. The Kier molecular flexibility index (Phi) is 5.89. The number of halogens is 2. The van der Waals surface area contributed by atoms with Gasteiger partial charge in [0.1, 0.15) is 12.9 Å². The van der Waals surface area contributed by atoms with Gasteiger partial charge in [0.05, 0.1) is 10.9 Å². The summed E-state index contributed by atoms with van der Waals surface area (Å²) in [6.45, 7) is 3.90. The van der Waals surface area contributed by atoms with Crippen LogP contribution in [0.15, 0.2) is 23.9 Å². The standard InChI is InChI=1S/C6H8Cl2O/c1-2-6(8)5-9-4-3-7/h2,5H,1,3-4H2/b6-5-. The van der Waals surface area contributed by atoms with Crippen molar-refractivity contribution in [1.29, 1.82) is 0 Å². The fourth-order valence-corrected chi connectivity index (χ4v) is 0.383. The molecule has 9 heavy (non-hydrogen) atoms. The van der Waals surface area contributed by atoms with E-state index in [0.29, 0.717) is 17.5 Å². The monoisotopic (exact) mass is 166 g/mol. The molecule has 0 bridgehead atoms. The van der Waals surface area contributed by atoms with E-state index in [-0.39, 0.29) is 0 Å². The van der Waals surface area contributed by atoms with Crippen LogP contribution in [0.5, 0.6) is 0 Å². The van der Waals surface area contributed by atoms with Gasteiger partial charge in [-0.3, -0.25) is 0 Å². The van der Waals surface area contributed by atoms with Crippen molar-refractivity contribution in [3.05, 3.63) is 23.9 Å². The highest BCUT2D eigenvalue weighted by Crippen LogP contribution is 2.00. The van der Waals surface area contributed by atoms with E-state index in [1.54, 1.807) is 0 Å². The molecule has 1 nitrogen and oxygen atoms in total. The molecule has 52 valence electrons. The lowest BCUT2D eigenvalue weighted by Gasteiger charge is -1.93. The molecule has 0 unspecified atom stereocenters. The van der Waals surface area contributed by atoms with Crippen molar-refractivity contribution in [1.82, 2.24) is 0 Å². The van der Waals surface area contributed by atoms with Gasteiger partial charge in [-0.2, -0.15) is 0 Å². The molecular formula is C6H8Cl2O. The van der Waals surface area contributed by atoms with E-state index in [0.717, 1.165) is 0 Å². The SMILES string of the molecule is C=C/C(Cl)=C/OCCCl. The van der Waals surface area contributed by atoms with Crippen LogP contribution in [-0.4, -0.2) is 12.5 Å². The van der Waals surface area contributed by atoms with Crippen LogP contribution in [0.3, 0.4) is 0 Å². The van der Waals surface area contributed by atoms with E-state index in [9.17, 15) is 0 Å². The van der Waals surface area contributed by atoms with E-state index in [4.69, 9.17) is 27.9 Å². The highest BCUT2D eigenvalue weighted by Gasteiger charge is 1.81. The first-order chi connectivity index (χ1) is 4.31. The van der Waals surface area contributed by atoms with Gasteiger partial charge in [-0.25, -0.2) is 0 Å². The smallest absolute Gasteiger partial charge is 0.102 e. The summed E-state index contributed by atoms with van der Waals surface area (Å²) in [4.78, 5) is 0. The summed E-state index contributed by atoms with van der Waals surface area (Å²) in [5.74, 6) is 0.470. The molecule has 0 aliphatic rings. The van der Waals surface area contributed by atoms with Crippen molar-refractivity contribution in [2.75, 3.05) is 12.5 Å². The van der Waals surface area contributed by atoms with Gasteiger partial charge in [0.25, 0.3) is 0 Å². The molecule has 0 rings (SSSR count). The molecule has 0 fully saturated rings. The highest BCUT2D eigenvalue weighted by molar-refractivity contribution is 6.31. The summed E-state index contributed by atoms with van der Waals surface area (Å²) in [7, 11) is 0. The summed E-state index contributed by atoms with van der Waals surface area (Å²) in [6.07, 6.45) is 2.91. The second-order valence-electron chi connectivity index (χ2n) is 1.27. The third kappa shape index (κ3) is 5.74. The van der Waals surface area contributed by atoms with E-state index < -0.39 is 0 Å². The Morgan fingerprint density at radius 3 is 2.78 bits per heavy atom. The lowest BCUT2D eigenvalue weighted by atomic mass is 10.6. The molecule has 0 aromatic rings. The molecule has 0 atom stereocenters. The van der Waals surface area contributed by atoms with Crippen molar-refractivity contribution in [3.63, 3.8) is 0 Å². The quantitative estimate of drug-likeness (QED) is 0.270. The average molecular weight is 167 g/mol. The van der Waals surface area contributed by atoms with Crippen molar-refractivity contribution in [3.8, 4) is 0 Å². The van der Waals surface area contributed by atoms with E-state index in [2.05, 4.69) is 6.58 Å². The maximum atomic E-state index is 5.48. The Bertz CT molecular complexity index is 110. The third-order valence-corrected chi connectivity index (χ3v) is 0.984. The zero-order valence-corrected chi connectivity index (χ0v) is 6.45.